The van der Waals surface area contributed by atoms with E-state index in [1.54, 1.807) is 24.5 Å². The molecule has 1 aromatic carbocycles. The fourth-order valence-electron chi connectivity index (χ4n) is 2.78. The summed E-state index contributed by atoms with van der Waals surface area (Å²) in [5.74, 6) is 0.663. The van der Waals surface area contributed by atoms with Crippen LogP contribution in [0.2, 0.25) is 0 Å². The van der Waals surface area contributed by atoms with Gasteiger partial charge in [0.25, 0.3) is 0 Å². The molecule has 1 aliphatic rings. The van der Waals surface area contributed by atoms with Gasteiger partial charge in [-0.3, -0.25) is 0 Å². The zero-order valence-electron chi connectivity index (χ0n) is 12.7. The lowest BCUT2D eigenvalue weighted by Gasteiger charge is -2.33. The Bertz CT molecular complexity index is 685. The van der Waals surface area contributed by atoms with Gasteiger partial charge in [0.1, 0.15) is 0 Å². The van der Waals surface area contributed by atoms with Gasteiger partial charge in [-0.05, 0) is 37.1 Å². The molecule has 2 aromatic rings. The predicted molar refractivity (Wildman–Crippen MR) is 90.0 cm³/mol. The Morgan fingerprint density at radius 3 is 2.42 bits per heavy atom. The summed E-state index contributed by atoms with van der Waals surface area (Å²) in [4.78, 5) is 10.5. The van der Waals surface area contributed by atoms with Crippen LogP contribution in [-0.4, -0.2) is 29.1 Å². The number of rotatable bonds is 3. The highest BCUT2D eigenvalue weighted by Crippen LogP contribution is 2.37. The third-order valence-electron chi connectivity index (χ3n) is 3.98. The largest absolute Gasteiger partial charge is 0.418 e. The highest BCUT2D eigenvalue weighted by molar-refractivity contribution is 9.10. The molecular formula is C16H16BrF3N4. The van der Waals surface area contributed by atoms with Gasteiger partial charge in [0.05, 0.1) is 5.56 Å². The third-order valence-corrected chi connectivity index (χ3v) is 4.47. The molecule has 0 amide bonds. The van der Waals surface area contributed by atoms with Gasteiger partial charge >= 0.3 is 6.18 Å². The van der Waals surface area contributed by atoms with Crippen LogP contribution in [0.3, 0.4) is 0 Å². The summed E-state index contributed by atoms with van der Waals surface area (Å²) in [6.45, 7) is 1.42. The van der Waals surface area contributed by atoms with E-state index < -0.39 is 11.7 Å². The number of nitrogens with one attached hydrogen (secondary N) is 1. The number of aromatic nitrogens is 2. The van der Waals surface area contributed by atoms with E-state index in [1.165, 1.54) is 6.07 Å². The van der Waals surface area contributed by atoms with Crippen molar-refractivity contribution < 1.29 is 13.2 Å². The van der Waals surface area contributed by atoms with Crippen molar-refractivity contribution in [1.82, 2.24) is 9.97 Å². The number of hydrogen-bond acceptors (Lipinski definition) is 4. The van der Waals surface area contributed by atoms with Crippen LogP contribution in [0.4, 0.5) is 24.8 Å². The summed E-state index contributed by atoms with van der Waals surface area (Å²) in [5, 5.41) is 3.05. The maximum absolute atomic E-state index is 13.2. The van der Waals surface area contributed by atoms with Crippen LogP contribution in [0.15, 0.2) is 41.1 Å². The molecule has 8 heteroatoms. The molecule has 0 unspecified atom stereocenters. The van der Waals surface area contributed by atoms with Gasteiger partial charge in [0.15, 0.2) is 0 Å². The van der Waals surface area contributed by atoms with Crippen molar-refractivity contribution in [2.45, 2.75) is 25.1 Å². The minimum absolute atomic E-state index is 0.00719. The molecule has 0 saturated carbocycles. The van der Waals surface area contributed by atoms with Crippen molar-refractivity contribution >= 4 is 27.6 Å². The van der Waals surface area contributed by atoms with E-state index in [2.05, 4.69) is 31.2 Å². The van der Waals surface area contributed by atoms with E-state index in [-0.39, 0.29) is 11.7 Å². The van der Waals surface area contributed by atoms with Crippen LogP contribution in [0.5, 0.6) is 0 Å². The van der Waals surface area contributed by atoms with Crippen molar-refractivity contribution in [2.75, 3.05) is 23.3 Å². The molecule has 128 valence electrons. The van der Waals surface area contributed by atoms with Crippen LogP contribution < -0.4 is 10.2 Å². The van der Waals surface area contributed by atoms with Crippen molar-refractivity contribution in [3.05, 3.63) is 46.7 Å². The van der Waals surface area contributed by atoms with Gasteiger partial charge in [-0.1, -0.05) is 15.9 Å². The second-order valence-electron chi connectivity index (χ2n) is 5.64. The lowest BCUT2D eigenvalue weighted by Crippen LogP contribution is -2.40. The fraction of sp³-hybridized carbons (Fsp3) is 0.375. The molecule has 24 heavy (non-hydrogen) atoms. The topological polar surface area (TPSA) is 41.0 Å². The minimum Gasteiger partial charge on any atom is -0.382 e. The zero-order chi connectivity index (χ0) is 17.2. The third kappa shape index (κ3) is 3.98. The highest BCUT2D eigenvalue weighted by Gasteiger charge is 2.34. The molecule has 1 aromatic heterocycles. The lowest BCUT2D eigenvalue weighted by atomic mass is 10.0. The lowest BCUT2D eigenvalue weighted by molar-refractivity contribution is -0.137. The molecule has 0 bridgehead atoms. The van der Waals surface area contributed by atoms with Crippen LogP contribution in [0, 0.1) is 0 Å². The van der Waals surface area contributed by atoms with Gasteiger partial charge < -0.3 is 10.2 Å². The molecule has 1 N–H and O–H groups in total. The van der Waals surface area contributed by atoms with Gasteiger partial charge in [0.2, 0.25) is 5.95 Å². The van der Waals surface area contributed by atoms with Crippen molar-refractivity contribution in [2.24, 2.45) is 0 Å². The Labute approximate surface area is 146 Å². The fourth-order valence-corrected chi connectivity index (χ4v) is 3.14. The second kappa shape index (κ2) is 6.96. The Morgan fingerprint density at radius 1 is 1.12 bits per heavy atom. The van der Waals surface area contributed by atoms with Crippen LogP contribution >= 0.6 is 15.9 Å². The van der Waals surface area contributed by atoms with E-state index in [0.717, 1.165) is 18.9 Å². The van der Waals surface area contributed by atoms with E-state index in [1.807, 2.05) is 4.90 Å². The first-order chi connectivity index (χ1) is 11.4. The highest BCUT2D eigenvalue weighted by atomic mass is 79.9. The van der Waals surface area contributed by atoms with E-state index in [4.69, 9.17) is 0 Å². The Morgan fingerprint density at radius 2 is 1.79 bits per heavy atom. The monoisotopic (exact) mass is 400 g/mol. The van der Waals surface area contributed by atoms with Crippen LogP contribution in [-0.2, 0) is 6.18 Å². The normalized spacial score (nSPS) is 16.2. The van der Waals surface area contributed by atoms with Crippen LogP contribution in [0.1, 0.15) is 18.4 Å². The van der Waals surface area contributed by atoms with Gasteiger partial charge in [0, 0.05) is 41.7 Å². The number of alkyl halides is 3. The summed E-state index contributed by atoms with van der Waals surface area (Å²) in [5.41, 5.74) is -0.522. The van der Waals surface area contributed by atoms with Crippen LogP contribution in [0.25, 0.3) is 0 Å². The number of hydrogen-bond donors (Lipinski definition) is 1. The first kappa shape index (κ1) is 17.0. The van der Waals surface area contributed by atoms with Gasteiger partial charge in [-0.15, -0.1) is 0 Å². The maximum atomic E-state index is 13.2. The minimum atomic E-state index is -4.38. The molecule has 4 nitrogen and oxygen atoms in total. The molecule has 0 radical (unpaired) electrons. The first-order valence-electron chi connectivity index (χ1n) is 7.59. The molecule has 2 heterocycles. The number of benzene rings is 1. The first-order valence-corrected chi connectivity index (χ1v) is 8.38. The average Bonchev–Trinajstić information content (AvgIpc) is 2.57. The molecule has 1 fully saturated rings. The summed E-state index contributed by atoms with van der Waals surface area (Å²) < 4.78 is 40.0. The molecule has 0 aliphatic carbocycles. The summed E-state index contributed by atoms with van der Waals surface area (Å²) in [6.07, 6.45) is 0.441. The smallest absolute Gasteiger partial charge is 0.382 e. The standard InChI is InChI=1S/C16H16BrF3N4/c17-11-2-3-14(13(10-11)16(18,19)20)23-12-4-8-24(9-5-12)15-21-6-1-7-22-15/h1-3,6-7,10,12,23H,4-5,8-9H2. The van der Waals surface area contributed by atoms with Gasteiger partial charge in [-0.25, -0.2) is 9.97 Å². The number of piperidine rings is 1. The molecular weight excluding hydrogens is 385 g/mol. The van der Waals surface area contributed by atoms with Gasteiger partial charge in [-0.2, -0.15) is 13.2 Å². The molecule has 0 spiro atoms. The van der Waals surface area contributed by atoms with E-state index in [9.17, 15) is 13.2 Å². The SMILES string of the molecule is FC(F)(F)c1cc(Br)ccc1NC1CCN(c2ncccn2)CC1. The summed E-state index contributed by atoms with van der Waals surface area (Å²) in [7, 11) is 0. The number of halogens is 4. The van der Waals surface area contributed by atoms with Crippen molar-refractivity contribution in [3.8, 4) is 0 Å². The van der Waals surface area contributed by atoms with E-state index >= 15 is 0 Å². The summed E-state index contributed by atoms with van der Waals surface area (Å²) in [6, 6.07) is 5.94. The van der Waals surface area contributed by atoms with Crippen molar-refractivity contribution in [3.63, 3.8) is 0 Å². The Kier molecular flexibility index (Phi) is 4.93. The summed E-state index contributed by atoms with van der Waals surface area (Å²) >= 11 is 3.10. The molecule has 1 saturated heterocycles. The molecule has 0 atom stereocenters. The van der Waals surface area contributed by atoms with Crippen molar-refractivity contribution in [1.29, 1.82) is 0 Å². The quantitative estimate of drug-likeness (QED) is 0.831. The van der Waals surface area contributed by atoms with E-state index in [0.29, 0.717) is 23.5 Å². The predicted octanol–water partition coefficient (Wildman–Crippen LogP) is 4.34. The molecule has 1 aliphatic heterocycles. The maximum Gasteiger partial charge on any atom is 0.418 e. The number of anilines is 2. The average molecular weight is 401 g/mol. The second-order valence-corrected chi connectivity index (χ2v) is 6.56. The number of nitrogens with zero attached hydrogens (tertiary/aromatic N) is 3. The Hall–Kier alpha value is -1.83. The Balaban J connectivity index is 1.67. The molecule has 3 rings (SSSR count). The zero-order valence-corrected chi connectivity index (χ0v) is 14.3.